The molecule has 1 aliphatic rings. The van der Waals surface area contributed by atoms with Crippen LogP contribution in [0.1, 0.15) is 5.56 Å². The molecule has 1 aromatic rings. The van der Waals surface area contributed by atoms with E-state index >= 15 is 0 Å². The summed E-state index contributed by atoms with van der Waals surface area (Å²) >= 11 is 0. The largest absolute Gasteiger partial charge is 0.482 e. The summed E-state index contributed by atoms with van der Waals surface area (Å²) in [6.45, 7) is 2.69. The molecule has 6 heteroatoms. The lowest BCUT2D eigenvalue weighted by molar-refractivity contribution is -0.139. The van der Waals surface area contributed by atoms with Gasteiger partial charge in [-0.15, -0.1) is 0 Å². The first-order chi connectivity index (χ1) is 9.24. The van der Waals surface area contributed by atoms with Gasteiger partial charge in [0, 0.05) is 0 Å². The second kappa shape index (κ2) is 6.75. The van der Waals surface area contributed by atoms with Crippen molar-refractivity contribution in [3.63, 3.8) is 0 Å². The maximum absolute atomic E-state index is 10.4. The van der Waals surface area contributed by atoms with E-state index < -0.39 is 5.97 Å². The van der Waals surface area contributed by atoms with Gasteiger partial charge >= 0.3 is 5.97 Å². The van der Waals surface area contributed by atoms with Crippen molar-refractivity contribution in [1.82, 2.24) is 5.01 Å². The van der Waals surface area contributed by atoms with Gasteiger partial charge in [-0.05, 0) is 29.8 Å². The second-order valence-electron chi connectivity index (χ2n) is 4.06. The van der Waals surface area contributed by atoms with E-state index in [2.05, 4.69) is 5.10 Å². The quantitative estimate of drug-likeness (QED) is 0.797. The molecule has 0 saturated carbocycles. The Bertz CT molecular complexity index is 438. The van der Waals surface area contributed by atoms with E-state index in [4.69, 9.17) is 14.6 Å². The standard InChI is InChI=1S/C13H16N2O4/c16-13(17)10-19-12-3-1-11(2-4-12)9-14-15-5-7-18-8-6-15/h1-4,9H,5-8,10H2,(H,16,17)/b14-9-. The molecule has 0 spiro atoms. The van der Waals surface area contributed by atoms with Crippen molar-refractivity contribution in [2.45, 2.75) is 0 Å². The van der Waals surface area contributed by atoms with Crippen LogP contribution in [0.15, 0.2) is 29.4 Å². The predicted octanol–water partition coefficient (Wildman–Crippen LogP) is 0.816. The van der Waals surface area contributed by atoms with Gasteiger partial charge < -0.3 is 14.6 Å². The highest BCUT2D eigenvalue weighted by Crippen LogP contribution is 2.11. The van der Waals surface area contributed by atoms with Gasteiger partial charge in [0.25, 0.3) is 0 Å². The third kappa shape index (κ3) is 4.59. The Morgan fingerprint density at radius 3 is 2.68 bits per heavy atom. The molecular weight excluding hydrogens is 248 g/mol. The van der Waals surface area contributed by atoms with Crippen LogP contribution in [0.4, 0.5) is 0 Å². The fraction of sp³-hybridized carbons (Fsp3) is 0.385. The van der Waals surface area contributed by atoms with Crippen LogP contribution in [-0.4, -0.2) is 55.2 Å². The Morgan fingerprint density at radius 2 is 2.05 bits per heavy atom. The summed E-state index contributed by atoms with van der Waals surface area (Å²) in [7, 11) is 0. The SMILES string of the molecule is O=C(O)COc1ccc(/C=N\N2CCOCC2)cc1. The third-order valence-electron chi connectivity index (χ3n) is 2.60. The Labute approximate surface area is 111 Å². The number of carbonyl (C=O) groups is 1. The molecule has 0 aromatic heterocycles. The molecule has 0 bridgehead atoms. The summed E-state index contributed by atoms with van der Waals surface area (Å²) in [5.74, 6) is -0.455. The van der Waals surface area contributed by atoms with Crippen molar-refractivity contribution in [1.29, 1.82) is 0 Å². The molecule has 0 atom stereocenters. The van der Waals surface area contributed by atoms with Crippen molar-refractivity contribution < 1.29 is 19.4 Å². The monoisotopic (exact) mass is 264 g/mol. The molecular formula is C13H16N2O4. The number of carboxylic acids is 1. The third-order valence-corrected chi connectivity index (χ3v) is 2.60. The molecule has 0 amide bonds. The van der Waals surface area contributed by atoms with Gasteiger partial charge in [-0.3, -0.25) is 5.01 Å². The fourth-order valence-corrected chi connectivity index (χ4v) is 1.61. The highest BCUT2D eigenvalue weighted by Gasteiger charge is 2.06. The number of rotatable bonds is 5. The van der Waals surface area contributed by atoms with Gasteiger partial charge in [0.05, 0.1) is 32.5 Å². The number of ether oxygens (including phenoxy) is 2. The maximum Gasteiger partial charge on any atom is 0.341 e. The van der Waals surface area contributed by atoms with E-state index in [0.29, 0.717) is 19.0 Å². The van der Waals surface area contributed by atoms with Crippen molar-refractivity contribution >= 4 is 12.2 Å². The lowest BCUT2D eigenvalue weighted by atomic mass is 10.2. The number of nitrogens with zero attached hydrogens (tertiary/aromatic N) is 2. The zero-order valence-corrected chi connectivity index (χ0v) is 10.5. The summed E-state index contributed by atoms with van der Waals surface area (Å²) in [4.78, 5) is 10.4. The Kier molecular flexibility index (Phi) is 4.74. The molecule has 1 heterocycles. The van der Waals surface area contributed by atoms with Crippen LogP contribution < -0.4 is 4.74 Å². The van der Waals surface area contributed by atoms with Crippen molar-refractivity contribution in [3.8, 4) is 5.75 Å². The van der Waals surface area contributed by atoms with E-state index in [-0.39, 0.29) is 6.61 Å². The average Bonchev–Trinajstić information content (AvgIpc) is 2.45. The van der Waals surface area contributed by atoms with E-state index in [1.54, 1.807) is 18.3 Å². The first-order valence-electron chi connectivity index (χ1n) is 6.05. The first kappa shape index (κ1) is 13.4. The number of hydrazone groups is 1. The van der Waals surface area contributed by atoms with Crippen molar-refractivity contribution in [3.05, 3.63) is 29.8 Å². The van der Waals surface area contributed by atoms with Gasteiger partial charge in [0.15, 0.2) is 6.61 Å². The number of morpholine rings is 1. The Hall–Kier alpha value is -2.08. The topological polar surface area (TPSA) is 71.4 Å². The van der Waals surface area contributed by atoms with Crippen molar-refractivity contribution in [2.75, 3.05) is 32.9 Å². The molecule has 19 heavy (non-hydrogen) atoms. The van der Waals surface area contributed by atoms with Crippen LogP contribution in [0, 0.1) is 0 Å². The number of aliphatic carboxylic acids is 1. The predicted molar refractivity (Wildman–Crippen MR) is 69.6 cm³/mol. The van der Waals surface area contributed by atoms with Crippen LogP contribution in [0.3, 0.4) is 0 Å². The highest BCUT2D eigenvalue weighted by atomic mass is 16.5. The fourth-order valence-electron chi connectivity index (χ4n) is 1.61. The molecule has 102 valence electrons. The van der Waals surface area contributed by atoms with Crippen LogP contribution in [-0.2, 0) is 9.53 Å². The molecule has 1 aliphatic heterocycles. The van der Waals surface area contributed by atoms with E-state index in [1.807, 2.05) is 17.1 Å². The van der Waals surface area contributed by atoms with Crippen LogP contribution in [0.2, 0.25) is 0 Å². The highest BCUT2D eigenvalue weighted by molar-refractivity contribution is 5.79. The minimum absolute atomic E-state index is 0.332. The molecule has 6 nitrogen and oxygen atoms in total. The summed E-state index contributed by atoms with van der Waals surface area (Å²) < 4.78 is 10.3. The molecule has 0 radical (unpaired) electrons. The smallest absolute Gasteiger partial charge is 0.341 e. The Morgan fingerprint density at radius 1 is 1.37 bits per heavy atom. The van der Waals surface area contributed by atoms with Gasteiger partial charge in [-0.2, -0.15) is 5.10 Å². The first-order valence-corrected chi connectivity index (χ1v) is 6.05. The van der Waals surface area contributed by atoms with E-state index in [9.17, 15) is 4.79 Å². The van der Waals surface area contributed by atoms with E-state index in [1.165, 1.54) is 0 Å². The number of carboxylic acid groups (broad SMARTS) is 1. The van der Waals surface area contributed by atoms with Gasteiger partial charge in [0.2, 0.25) is 0 Å². The molecule has 1 N–H and O–H groups in total. The molecule has 2 rings (SSSR count). The lowest BCUT2D eigenvalue weighted by Gasteiger charge is -2.23. The molecule has 0 aliphatic carbocycles. The normalized spacial score (nSPS) is 15.7. The summed E-state index contributed by atoms with van der Waals surface area (Å²) in [5, 5.41) is 14.8. The van der Waals surface area contributed by atoms with E-state index in [0.717, 1.165) is 18.7 Å². The zero-order valence-electron chi connectivity index (χ0n) is 10.5. The van der Waals surface area contributed by atoms with Crippen LogP contribution >= 0.6 is 0 Å². The summed E-state index contributed by atoms with van der Waals surface area (Å²) in [6.07, 6.45) is 1.77. The second-order valence-corrected chi connectivity index (χ2v) is 4.06. The number of benzene rings is 1. The number of hydrogen-bond acceptors (Lipinski definition) is 5. The van der Waals surface area contributed by atoms with Gasteiger partial charge in [-0.1, -0.05) is 0 Å². The molecule has 1 fully saturated rings. The average molecular weight is 264 g/mol. The van der Waals surface area contributed by atoms with Crippen LogP contribution in [0.25, 0.3) is 0 Å². The summed E-state index contributed by atoms with van der Waals surface area (Å²) in [6, 6.07) is 7.12. The molecule has 1 saturated heterocycles. The minimum Gasteiger partial charge on any atom is -0.482 e. The maximum atomic E-state index is 10.4. The Balaban J connectivity index is 1.87. The van der Waals surface area contributed by atoms with Gasteiger partial charge in [-0.25, -0.2) is 4.79 Å². The molecule has 1 aromatic carbocycles. The summed E-state index contributed by atoms with van der Waals surface area (Å²) in [5.41, 5.74) is 0.939. The van der Waals surface area contributed by atoms with Crippen LogP contribution in [0.5, 0.6) is 5.75 Å². The molecule has 0 unspecified atom stereocenters. The lowest BCUT2D eigenvalue weighted by Crippen LogP contribution is -2.32. The zero-order chi connectivity index (χ0) is 13.5. The van der Waals surface area contributed by atoms with Crippen molar-refractivity contribution in [2.24, 2.45) is 5.10 Å². The minimum atomic E-state index is -0.988. The van der Waals surface area contributed by atoms with Gasteiger partial charge in [0.1, 0.15) is 5.75 Å². The number of hydrogen-bond donors (Lipinski definition) is 1.